The summed E-state index contributed by atoms with van der Waals surface area (Å²) >= 11 is 0. The highest BCUT2D eigenvalue weighted by molar-refractivity contribution is 4.85. The fourth-order valence-electron chi connectivity index (χ4n) is 3.78. The lowest BCUT2D eigenvalue weighted by atomic mass is 9.93. The normalized spacial score (nSPS) is 30.6. The van der Waals surface area contributed by atoms with E-state index in [1.165, 1.54) is 71.4 Å². The fraction of sp³-hybridized carbons (Fsp3) is 1.00. The maximum Gasteiger partial charge on any atom is 0.0137 e. The first-order chi connectivity index (χ1) is 9.70. The van der Waals surface area contributed by atoms with E-state index in [-0.39, 0.29) is 0 Å². The van der Waals surface area contributed by atoms with Crippen LogP contribution in [0.2, 0.25) is 0 Å². The molecule has 0 aromatic carbocycles. The second kappa shape index (κ2) is 8.32. The van der Waals surface area contributed by atoms with Gasteiger partial charge in [0, 0.05) is 45.3 Å². The number of likely N-dealkylation sites (N-methyl/N-ethyl adjacent to an activating group) is 1. The minimum absolute atomic E-state index is 0.742. The minimum atomic E-state index is 0.742. The number of hydrogen-bond donors (Lipinski definition) is 1. The highest BCUT2D eigenvalue weighted by Gasteiger charge is 2.30. The van der Waals surface area contributed by atoms with Crippen LogP contribution in [0.3, 0.4) is 0 Å². The average Bonchev–Trinajstić information content (AvgIpc) is 2.70. The Bertz CT molecular complexity index is 261. The van der Waals surface area contributed by atoms with E-state index in [1.807, 2.05) is 0 Å². The number of nitrogens with zero attached hydrogens (tertiary/aromatic N) is 3. The van der Waals surface area contributed by atoms with Gasteiger partial charge in [-0.2, -0.15) is 0 Å². The lowest BCUT2D eigenvalue weighted by Crippen LogP contribution is -2.53. The Labute approximate surface area is 125 Å². The van der Waals surface area contributed by atoms with Crippen LogP contribution in [0, 0.1) is 5.92 Å². The predicted octanol–water partition coefficient (Wildman–Crippen LogP) is 1.07. The number of nitrogens with two attached hydrogens (primary N) is 1. The molecule has 2 rings (SSSR count). The molecule has 4 nitrogen and oxygen atoms in total. The van der Waals surface area contributed by atoms with Crippen molar-refractivity contribution in [2.45, 2.75) is 38.1 Å². The van der Waals surface area contributed by atoms with E-state index >= 15 is 0 Å². The van der Waals surface area contributed by atoms with Crippen LogP contribution in [0.15, 0.2) is 0 Å². The van der Waals surface area contributed by atoms with Crippen molar-refractivity contribution in [3.8, 4) is 0 Å². The topological polar surface area (TPSA) is 35.7 Å². The van der Waals surface area contributed by atoms with Crippen molar-refractivity contribution in [1.29, 1.82) is 0 Å². The maximum absolute atomic E-state index is 6.04. The SMILES string of the molecule is CN(C)CCN1CCN(C2CCCCCC2CN)CC1. The third kappa shape index (κ3) is 4.69. The summed E-state index contributed by atoms with van der Waals surface area (Å²) in [6, 6.07) is 0.762. The molecular weight excluding hydrogens is 248 g/mol. The van der Waals surface area contributed by atoms with Gasteiger partial charge < -0.3 is 10.6 Å². The van der Waals surface area contributed by atoms with Crippen LogP contribution in [0.25, 0.3) is 0 Å². The summed E-state index contributed by atoms with van der Waals surface area (Å²) in [7, 11) is 4.32. The molecule has 2 unspecified atom stereocenters. The summed E-state index contributed by atoms with van der Waals surface area (Å²) in [6.07, 6.45) is 6.93. The molecule has 0 aromatic heterocycles. The van der Waals surface area contributed by atoms with E-state index in [1.54, 1.807) is 0 Å². The van der Waals surface area contributed by atoms with Gasteiger partial charge in [-0.1, -0.05) is 19.3 Å². The molecule has 4 heteroatoms. The molecule has 118 valence electrons. The highest BCUT2D eigenvalue weighted by atomic mass is 15.3. The van der Waals surface area contributed by atoms with Crippen LogP contribution in [-0.4, -0.2) is 80.7 Å². The maximum atomic E-state index is 6.04. The fourth-order valence-corrected chi connectivity index (χ4v) is 3.78. The summed E-state index contributed by atoms with van der Waals surface area (Å²) in [5, 5.41) is 0. The van der Waals surface area contributed by atoms with Crippen LogP contribution < -0.4 is 5.73 Å². The molecule has 1 heterocycles. The smallest absolute Gasteiger partial charge is 0.0137 e. The van der Waals surface area contributed by atoms with Gasteiger partial charge in [-0.15, -0.1) is 0 Å². The molecule has 1 saturated carbocycles. The second-order valence-corrected chi connectivity index (χ2v) is 6.88. The zero-order valence-electron chi connectivity index (χ0n) is 13.6. The van der Waals surface area contributed by atoms with Gasteiger partial charge in [-0.3, -0.25) is 9.80 Å². The average molecular weight is 282 g/mol. The van der Waals surface area contributed by atoms with Gasteiger partial charge in [0.25, 0.3) is 0 Å². The van der Waals surface area contributed by atoms with Crippen LogP contribution in [0.5, 0.6) is 0 Å². The van der Waals surface area contributed by atoms with Gasteiger partial charge in [-0.05, 0) is 39.4 Å². The van der Waals surface area contributed by atoms with Crippen molar-refractivity contribution in [2.75, 3.05) is 59.9 Å². The molecule has 2 aliphatic rings. The van der Waals surface area contributed by atoms with Crippen LogP contribution in [0.1, 0.15) is 32.1 Å². The molecule has 0 aromatic rings. The Morgan fingerprint density at radius 2 is 1.70 bits per heavy atom. The quantitative estimate of drug-likeness (QED) is 0.765. The standard InChI is InChI=1S/C16H34N4/c1-18(2)8-9-19-10-12-20(13-11-19)16-7-5-3-4-6-15(16)14-17/h15-16H,3-14,17H2,1-2H3. The Kier molecular flexibility index (Phi) is 6.75. The van der Waals surface area contributed by atoms with E-state index in [0.717, 1.165) is 18.5 Å². The third-order valence-electron chi connectivity index (χ3n) is 5.16. The highest BCUT2D eigenvalue weighted by Crippen LogP contribution is 2.27. The molecule has 1 saturated heterocycles. The van der Waals surface area contributed by atoms with Crippen molar-refractivity contribution in [3.63, 3.8) is 0 Å². The van der Waals surface area contributed by atoms with Gasteiger partial charge in [0.05, 0.1) is 0 Å². The first-order valence-corrected chi connectivity index (χ1v) is 8.52. The molecule has 1 aliphatic carbocycles. The van der Waals surface area contributed by atoms with Crippen LogP contribution in [-0.2, 0) is 0 Å². The lowest BCUT2D eigenvalue weighted by molar-refractivity contribution is 0.0644. The Morgan fingerprint density at radius 1 is 1.00 bits per heavy atom. The second-order valence-electron chi connectivity index (χ2n) is 6.88. The van der Waals surface area contributed by atoms with Crippen molar-refractivity contribution in [2.24, 2.45) is 11.7 Å². The summed E-state index contributed by atoms with van der Waals surface area (Å²) < 4.78 is 0. The largest absolute Gasteiger partial charge is 0.330 e. The van der Waals surface area contributed by atoms with Gasteiger partial charge in [0.1, 0.15) is 0 Å². The Hall–Kier alpha value is -0.160. The van der Waals surface area contributed by atoms with Gasteiger partial charge in [0.2, 0.25) is 0 Å². The summed E-state index contributed by atoms with van der Waals surface area (Å²) in [5.74, 6) is 0.742. The molecular formula is C16H34N4. The lowest BCUT2D eigenvalue weighted by Gasteiger charge is -2.42. The van der Waals surface area contributed by atoms with Crippen molar-refractivity contribution in [3.05, 3.63) is 0 Å². The third-order valence-corrected chi connectivity index (χ3v) is 5.16. The van der Waals surface area contributed by atoms with E-state index in [4.69, 9.17) is 5.73 Å². The Balaban J connectivity index is 1.79. The number of piperazine rings is 1. The molecule has 2 atom stereocenters. The van der Waals surface area contributed by atoms with Gasteiger partial charge in [-0.25, -0.2) is 0 Å². The first-order valence-electron chi connectivity index (χ1n) is 8.52. The molecule has 0 spiro atoms. The zero-order chi connectivity index (χ0) is 14.4. The van der Waals surface area contributed by atoms with E-state index in [9.17, 15) is 0 Å². The molecule has 0 radical (unpaired) electrons. The molecule has 0 amide bonds. The van der Waals surface area contributed by atoms with Gasteiger partial charge in [0.15, 0.2) is 0 Å². The first kappa shape index (κ1) is 16.2. The number of rotatable bonds is 5. The van der Waals surface area contributed by atoms with E-state index < -0.39 is 0 Å². The van der Waals surface area contributed by atoms with Crippen LogP contribution in [0.4, 0.5) is 0 Å². The summed E-state index contributed by atoms with van der Waals surface area (Å²) in [6.45, 7) is 8.23. The predicted molar refractivity (Wildman–Crippen MR) is 86.0 cm³/mol. The molecule has 1 aliphatic heterocycles. The van der Waals surface area contributed by atoms with E-state index in [0.29, 0.717) is 0 Å². The molecule has 20 heavy (non-hydrogen) atoms. The van der Waals surface area contributed by atoms with Crippen LogP contribution >= 0.6 is 0 Å². The Morgan fingerprint density at radius 3 is 2.35 bits per heavy atom. The van der Waals surface area contributed by atoms with Crippen molar-refractivity contribution < 1.29 is 0 Å². The minimum Gasteiger partial charge on any atom is -0.330 e. The summed E-state index contributed by atoms with van der Waals surface area (Å²) in [4.78, 5) is 7.64. The molecule has 2 fully saturated rings. The molecule has 0 bridgehead atoms. The molecule has 2 N–H and O–H groups in total. The number of hydrogen-bond acceptors (Lipinski definition) is 4. The van der Waals surface area contributed by atoms with Crippen molar-refractivity contribution >= 4 is 0 Å². The van der Waals surface area contributed by atoms with Crippen molar-refractivity contribution in [1.82, 2.24) is 14.7 Å². The summed E-state index contributed by atoms with van der Waals surface area (Å²) in [5.41, 5.74) is 6.04. The monoisotopic (exact) mass is 282 g/mol. The van der Waals surface area contributed by atoms with Gasteiger partial charge >= 0.3 is 0 Å². The van der Waals surface area contributed by atoms with E-state index in [2.05, 4.69) is 28.8 Å². The zero-order valence-corrected chi connectivity index (χ0v) is 13.6.